The van der Waals surface area contributed by atoms with Crippen molar-refractivity contribution >= 4 is 6.41 Å². The number of carbonyl (C=O) groups is 1. The molecule has 1 N–H and O–H groups in total. The molecule has 1 rings (SSSR count). The number of nitriles is 1. The van der Waals surface area contributed by atoms with Crippen LogP contribution in [0.25, 0.3) is 0 Å². The second-order valence-corrected chi connectivity index (χ2v) is 2.99. The van der Waals surface area contributed by atoms with Crippen LogP contribution in [0.5, 0.6) is 0 Å². The first-order valence-corrected chi connectivity index (χ1v) is 4.53. The highest BCUT2D eigenvalue weighted by molar-refractivity contribution is 5.45. The maximum absolute atomic E-state index is 9.96. The third-order valence-corrected chi connectivity index (χ3v) is 1.93. The fourth-order valence-electron chi connectivity index (χ4n) is 1.25. The summed E-state index contributed by atoms with van der Waals surface area (Å²) < 4.78 is 0. The van der Waals surface area contributed by atoms with Crippen LogP contribution >= 0.6 is 0 Å². The number of amides is 1. The molecule has 0 atom stereocenters. The summed E-state index contributed by atoms with van der Waals surface area (Å²) >= 11 is 0. The lowest BCUT2D eigenvalue weighted by Crippen LogP contribution is -2.12. The molecule has 72 valence electrons. The second-order valence-electron chi connectivity index (χ2n) is 2.99. The van der Waals surface area contributed by atoms with Crippen molar-refractivity contribution in [3.8, 4) is 6.07 Å². The number of nitrogens with zero attached hydrogens (tertiary/aromatic N) is 1. The summed E-state index contributed by atoms with van der Waals surface area (Å²) in [5, 5.41) is 11.3. The van der Waals surface area contributed by atoms with E-state index in [4.69, 9.17) is 5.26 Å². The molecule has 14 heavy (non-hydrogen) atoms. The molecule has 3 nitrogen and oxygen atoms in total. The number of aryl methyl sites for hydroxylation is 1. The molecule has 1 aromatic carbocycles. The average molecular weight is 188 g/mol. The van der Waals surface area contributed by atoms with Crippen molar-refractivity contribution in [2.75, 3.05) is 6.54 Å². The van der Waals surface area contributed by atoms with Crippen molar-refractivity contribution in [2.24, 2.45) is 0 Å². The van der Waals surface area contributed by atoms with Gasteiger partial charge in [-0.2, -0.15) is 5.26 Å². The molecule has 0 spiro atoms. The lowest BCUT2D eigenvalue weighted by Gasteiger charge is -2.00. The summed E-state index contributed by atoms with van der Waals surface area (Å²) in [6.45, 7) is 0.681. The third kappa shape index (κ3) is 3.28. The third-order valence-electron chi connectivity index (χ3n) is 1.93. The zero-order valence-electron chi connectivity index (χ0n) is 7.86. The Bertz CT molecular complexity index is 341. The second kappa shape index (κ2) is 5.76. The molecular formula is C11H12N2O. The van der Waals surface area contributed by atoms with E-state index in [-0.39, 0.29) is 0 Å². The molecule has 3 heteroatoms. The fraction of sp³-hybridized carbons (Fsp3) is 0.273. The Morgan fingerprint density at radius 1 is 1.50 bits per heavy atom. The molecular weight excluding hydrogens is 176 g/mol. The van der Waals surface area contributed by atoms with Crippen LogP contribution < -0.4 is 5.32 Å². The van der Waals surface area contributed by atoms with Gasteiger partial charge in [-0.05, 0) is 30.5 Å². The molecule has 0 unspecified atom stereocenters. The lowest BCUT2D eigenvalue weighted by atomic mass is 10.1. The van der Waals surface area contributed by atoms with E-state index in [1.807, 2.05) is 18.2 Å². The zero-order valence-corrected chi connectivity index (χ0v) is 7.86. The minimum atomic E-state index is 0.681. The predicted molar refractivity (Wildman–Crippen MR) is 53.5 cm³/mol. The summed E-state index contributed by atoms with van der Waals surface area (Å²) in [6.07, 6.45) is 2.48. The number of carbonyl (C=O) groups excluding carboxylic acids is 1. The molecule has 0 radical (unpaired) electrons. The van der Waals surface area contributed by atoms with Gasteiger partial charge in [0.05, 0.1) is 11.6 Å². The molecule has 0 fully saturated rings. The quantitative estimate of drug-likeness (QED) is 0.558. The van der Waals surface area contributed by atoms with Gasteiger partial charge >= 0.3 is 0 Å². The summed E-state index contributed by atoms with van der Waals surface area (Å²) in [4.78, 5) is 9.96. The van der Waals surface area contributed by atoms with Crippen molar-refractivity contribution in [3.63, 3.8) is 0 Å². The molecule has 0 saturated heterocycles. The lowest BCUT2D eigenvalue weighted by molar-refractivity contribution is -0.109. The Hall–Kier alpha value is -1.82. The highest BCUT2D eigenvalue weighted by atomic mass is 16.1. The van der Waals surface area contributed by atoms with Crippen LogP contribution in [0, 0.1) is 11.3 Å². The van der Waals surface area contributed by atoms with Crippen molar-refractivity contribution in [1.29, 1.82) is 5.26 Å². The van der Waals surface area contributed by atoms with E-state index in [2.05, 4.69) is 11.4 Å². The smallest absolute Gasteiger partial charge is 0.207 e. The molecule has 0 aromatic heterocycles. The predicted octanol–water partition coefficient (Wildman–Crippen LogP) is 1.24. The van der Waals surface area contributed by atoms with Gasteiger partial charge in [0.25, 0.3) is 0 Å². The fourth-order valence-corrected chi connectivity index (χ4v) is 1.25. The van der Waals surface area contributed by atoms with Gasteiger partial charge in [0, 0.05) is 6.54 Å². The van der Waals surface area contributed by atoms with Crippen LogP contribution in [-0.4, -0.2) is 13.0 Å². The van der Waals surface area contributed by atoms with Gasteiger partial charge in [0.1, 0.15) is 0 Å². The normalized spacial score (nSPS) is 9.07. The van der Waals surface area contributed by atoms with Crippen LogP contribution in [0.1, 0.15) is 17.5 Å². The first-order valence-electron chi connectivity index (χ1n) is 4.53. The number of hydrogen-bond acceptors (Lipinski definition) is 2. The molecule has 0 saturated carbocycles. The van der Waals surface area contributed by atoms with Gasteiger partial charge in [0.2, 0.25) is 6.41 Å². The monoisotopic (exact) mass is 188 g/mol. The SMILES string of the molecule is N#Cc1cccc(CCCNC=O)c1. The Morgan fingerprint density at radius 3 is 3.07 bits per heavy atom. The van der Waals surface area contributed by atoms with Gasteiger partial charge in [-0.25, -0.2) is 0 Å². The van der Waals surface area contributed by atoms with E-state index < -0.39 is 0 Å². The van der Waals surface area contributed by atoms with E-state index >= 15 is 0 Å². The highest BCUT2D eigenvalue weighted by Crippen LogP contribution is 2.06. The molecule has 0 aliphatic heterocycles. The van der Waals surface area contributed by atoms with Crippen LogP contribution in [0.4, 0.5) is 0 Å². The molecule has 0 aliphatic rings. The number of rotatable bonds is 5. The van der Waals surface area contributed by atoms with Crippen LogP contribution in [-0.2, 0) is 11.2 Å². The molecule has 0 bridgehead atoms. The van der Waals surface area contributed by atoms with E-state index in [1.54, 1.807) is 6.07 Å². The van der Waals surface area contributed by atoms with E-state index in [0.717, 1.165) is 18.4 Å². The van der Waals surface area contributed by atoms with Gasteiger partial charge in [0.15, 0.2) is 0 Å². The van der Waals surface area contributed by atoms with Crippen LogP contribution in [0.15, 0.2) is 24.3 Å². The Kier molecular flexibility index (Phi) is 4.22. The molecule has 1 amide bonds. The highest BCUT2D eigenvalue weighted by Gasteiger charge is 1.94. The van der Waals surface area contributed by atoms with Crippen LogP contribution in [0.3, 0.4) is 0 Å². The molecule has 1 aromatic rings. The Labute approximate surface area is 83.4 Å². The molecule has 0 heterocycles. The van der Waals surface area contributed by atoms with Gasteiger partial charge in [-0.1, -0.05) is 12.1 Å². The maximum Gasteiger partial charge on any atom is 0.207 e. The van der Waals surface area contributed by atoms with Crippen molar-refractivity contribution in [1.82, 2.24) is 5.32 Å². The summed E-state index contributed by atoms with van der Waals surface area (Å²) in [6, 6.07) is 9.62. The van der Waals surface area contributed by atoms with Gasteiger partial charge in [-0.15, -0.1) is 0 Å². The van der Waals surface area contributed by atoms with Crippen LogP contribution in [0.2, 0.25) is 0 Å². The molecule has 0 aliphatic carbocycles. The van der Waals surface area contributed by atoms with Gasteiger partial charge in [-0.3, -0.25) is 4.79 Å². The standard InChI is InChI=1S/C11H12N2O/c12-8-11-4-1-3-10(7-11)5-2-6-13-9-14/h1,3-4,7,9H,2,5-6H2,(H,13,14). The minimum Gasteiger partial charge on any atom is -0.359 e. The summed E-state index contributed by atoms with van der Waals surface area (Å²) in [7, 11) is 0. The summed E-state index contributed by atoms with van der Waals surface area (Å²) in [5.41, 5.74) is 1.82. The first kappa shape index (κ1) is 10.3. The van der Waals surface area contributed by atoms with E-state index in [0.29, 0.717) is 18.5 Å². The number of hydrogen-bond donors (Lipinski definition) is 1. The van der Waals surface area contributed by atoms with E-state index in [9.17, 15) is 4.79 Å². The topological polar surface area (TPSA) is 52.9 Å². The van der Waals surface area contributed by atoms with Crippen molar-refractivity contribution < 1.29 is 4.79 Å². The minimum absolute atomic E-state index is 0.681. The Morgan fingerprint density at radius 2 is 2.36 bits per heavy atom. The van der Waals surface area contributed by atoms with Crippen molar-refractivity contribution in [2.45, 2.75) is 12.8 Å². The van der Waals surface area contributed by atoms with Crippen molar-refractivity contribution in [3.05, 3.63) is 35.4 Å². The zero-order chi connectivity index (χ0) is 10.2. The van der Waals surface area contributed by atoms with E-state index in [1.165, 1.54) is 0 Å². The number of nitrogens with one attached hydrogen (secondary N) is 1. The largest absolute Gasteiger partial charge is 0.359 e. The average Bonchev–Trinajstić information content (AvgIpc) is 2.25. The summed E-state index contributed by atoms with van der Waals surface area (Å²) in [5.74, 6) is 0. The first-order chi connectivity index (χ1) is 6.86. The van der Waals surface area contributed by atoms with Gasteiger partial charge < -0.3 is 5.32 Å². The number of benzene rings is 1. The maximum atomic E-state index is 9.96. The Balaban J connectivity index is 2.43.